The molecule has 0 aromatic carbocycles. The highest BCUT2D eigenvalue weighted by molar-refractivity contribution is 6.71. The Labute approximate surface area is 137 Å². The Balaban J connectivity index is 4.76. The van der Waals surface area contributed by atoms with Gasteiger partial charge in [0, 0.05) is 13.5 Å². The van der Waals surface area contributed by atoms with Crippen molar-refractivity contribution in [2.24, 2.45) is 0 Å². The monoisotopic (exact) mass is 336 g/mol. The second-order valence-corrected chi connectivity index (χ2v) is 10.3. The molecule has 0 bridgehead atoms. The summed E-state index contributed by atoms with van der Waals surface area (Å²) < 4.78 is 28.8. The summed E-state index contributed by atoms with van der Waals surface area (Å²) in [5.41, 5.74) is 0. The van der Waals surface area contributed by atoms with Gasteiger partial charge >= 0.3 is 0 Å². The first kappa shape index (κ1) is 22.0. The van der Waals surface area contributed by atoms with Gasteiger partial charge in [-0.25, -0.2) is 0 Å². The van der Waals surface area contributed by atoms with Crippen molar-refractivity contribution in [3.63, 3.8) is 0 Å². The Morgan fingerprint density at radius 2 is 1.27 bits per heavy atom. The molecule has 0 amide bonds. The van der Waals surface area contributed by atoms with Crippen LogP contribution in [0.1, 0.15) is 46.5 Å². The van der Waals surface area contributed by atoms with E-state index >= 15 is 0 Å². The zero-order valence-corrected chi connectivity index (χ0v) is 16.4. The van der Waals surface area contributed by atoms with Gasteiger partial charge in [0.15, 0.2) is 8.32 Å². The van der Waals surface area contributed by atoms with E-state index in [0.29, 0.717) is 33.0 Å². The van der Waals surface area contributed by atoms with Gasteiger partial charge in [-0.1, -0.05) is 20.8 Å². The van der Waals surface area contributed by atoms with E-state index in [1.54, 1.807) is 7.11 Å². The van der Waals surface area contributed by atoms with E-state index in [0.717, 1.165) is 25.3 Å². The lowest BCUT2D eigenvalue weighted by atomic mass is 10.3. The average molecular weight is 337 g/mol. The van der Waals surface area contributed by atoms with Crippen molar-refractivity contribution < 1.29 is 23.4 Å². The van der Waals surface area contributed by atoms with Crippen LogP contribution in [0.2, 0.25) is 19.1 Å². The Kier molecular flexibility index (Phi) is 12.5. The third kappa shape index (κ3) is 9.92. The Bertz CT molecular complexity index is 239. The molecule has 0 saturated carbocycles. The molecule has 6 heteroatoms. The molecule has 0 radical (unpaired) electrons. The van der Waals surface area contributed by atoms with Gasteiger partial charge in [0.2, 0.25) is 0 Å². The summed E-state index contributed by atoms with van der Waals surface area (Å²) in [6.07, 6.45) is 3.51. The average Bonchev–Trinajstić information content (AvgIpc) is 2.52. The van der Waals surface area contributed by atoms with E-state index in [1.807, 2.05) is 0 Å². The van der Waals surface area contributed by atoms with Gasteiger partial charge in [-0.2, -0.15) is 0 Å². The summed E-state index contributed by atoms with van der Waals surface area (Å²) in [6.45, 7) is 12.9. The number of hydrogen-bond donors (Lipinski definition) is 0. The lowest BCUT2D eigenvalue weighted by molar-refractivity contribution is -0.381. The zero-order valence-electron chi connectivity index (χ0n) is 15.4. The lowest BCUT2D eigenvalue weighted by Gasteiger charge is -2.35. The van der Waals surface area contributed by atoms with Crippen LogP contribution in [0.3, 0.4) is 0 Å². The minimum Gasteiger partial charge on any atom is -0.395 e. The molecular formula is C16H36O5Si. The topological polar surface area (TPSA) is 46.2 Å². The molecule has 0 aromatic heterocycles. The molecular weight excluding hydrogens is 300 g/mol. The maximum atomic E-state index is 5.97. The van der Waals surface area contributed by atoms with Crippen molar-refractivity contribution in [3.8, 4) is 0 Å². The SMILES string of the molecule is CCCOC(CC[Si](C)(C)OCOC)(OCCC)OCCC. The molecule has 0 unspecified atom stereocenters. The quantitative estimate of drug-likeness (QED) is 0.332. The summed E-state index contributed by atoms with van der Waals surface area (Å²) in [5.74, 6) is -0.928. The van der Waals surface area contributed by atoms with Crippen LogP contribution in [-0.2, 0) is 23.4 Å². The number of methoxy groups -OCH3 is 1. The van der Waals surface area contributed by atoms with Crippen LogP contribution in [0, 0.1) is 0 Å². The molecule has 0 N–H and O–H groups in total. The first-order valence-electron chi connectivity index (χ1n) is 8.50. The predicted molar refractivity (Wildman–Crippen MR) is 91.3 cm³/mol. The molecule has 5 nitrogen and oxygen atoms in total. The van der Waals surface area contributed by atoms with Crippen molar-refractivity contribution in [2.75, 3.05) is 33.7 Å². The normalized spacial score (nSPS) is 12.8. The standard InChI is InChI=1S/C16H36O5Si/c1-7-11-18-16(19-12-8-2,20-13-9-3)10-14-22(5,6)21-15-17-4/h7-15H2,1-6H3. The third-order valence-corrected chi connectivity index (χ3v) is 5.53. The number of ether oxygens (including phenoxy) is 4. The van der Waals surface area contributed by atoms with Crippen molar-refractivity contribution in [1.82, 2.24) is 0 Å². The summed E-state index contributed by atoms with van der Waals surface area (Å²) in [5, 5.41) is 0. The van der Waals surface area contributed by atoms with Gasteiger partial charge in [0.25, 0.3) is 5.97 Å². The first-order chi connectivity index (χ1) is 10.4. The Morgan fingerprint density at radius 1 is 0.818 bits per heavy atom. The third-order valence-electron chi connectivity index (χ3n) is 3.18. The smallest absolute Gasteiger partial charge is 0.282 e. The molecule has 0 aromatic rings. The van der Waals surface area contributed by atoms with Crippen LogP contribution in [0.4, 0.5) is 0 Å². The molecule has 0 fully saturated rings. The van der Waals surface area contributed by atoms with E-state index < -0.39 is 14.3 Å². The highest BCUT2D eigenvalue weighted by Crippen LogP contribution is 2.27. The summed E-state index contributed by atoms with van der Waals surface area (Å²) in [7, 11) is -0.170. The van der Waals surface area contributed by atoms with E-state index in [2.05, 4.69) is 33.9 Å². The van der Waals surface area contributed by atoms with Gasteiger partial charge in [-0.15, -0.1) is 0 Å². The largest absolute Gasteiger partial charge is 0.395 e. The predicted octanol–water partition coefficient (Wildman–Crippen LogP) is 4.14. The van der Waals surface area contributed by atoms with E-state index in [1.165, 1.54) is 0 Å². The zero-order chi connectivity index (χ0) is 16.9. The summed E-state index contributed by atoms with van der Waals surface area (Å²) >= 11 is 0. The molecule has 22 heavy (non-hydrogen) atoms. The number of hydrogen-bond acceptors (Lipinski definition) is 5. The highest BCUT2D eigenvalue weighted by Gasteiger charge is 2.36. The van der Waals surface area contributed by atoms with Crippen LogP contribution in [0.15, 0.2) is 0 Å². The first-order valence-corrected chi connectivity index (χ1v) is 11.6. The van der Waals surface area contributed by atoms with Crippen LogP contribution in [-0.4, -0.2) is 48.0 Å². The molecule has 0 saturated heterocycles. The fourth-order valence-electron chi connectivity index (χ4n) is 1.86. The van der Waals surface area contributed by atoms with Gasteiger partial charge < -0.3 is 23.4 Å². The summed E-state index contributed by atoms with van der Waals surface area (Å²) in [4.78, 5) is 0. The maximum Gasteiger partial charge on any atom is 0.282 e. The lowest BCUT2D eigenvalue weighted by Crippen LogP contribution is -2.43. The fraction of sp³-hybridized carbons (Fsp3) is 1.00. The minimum atomic E-state index is -1.82. The van der Waals surface area contributed by atoms with Gasteiger partial charge in [-0.3, -0.25) is 0 Å². The molecule has 0 rings (SSSR count). The van der Waals surface area contributed by atoms with Crippen molar-refractivity contribution in [2.45, 2.75) is 71.6 Å². The van der Waals surface area contributed by atoms with Crippen LogP contribution >= 0.6 is 0 Å². The highest BCUT2D eigenvalue weighted by atomic mass is 28.4. The number of rotatable bonds is 15. The molecule has 0 heterocycles. The maximum absolute atomic E-state index is 5.97. The van der Waals surface area contributed by atoms with Crippen LogP contribution in [0.25, 0.3) is 0 Å². The minimum absolute atomic E-state index is 0.341. The van der Waals surface area contributed by atoms with Crippen molar-refractivity contribution in [3.05, 3.63) is 0 Å². The molecule has 0 aliphatic rings. The second-order valence-electron chi connectivity index (χ2n) is 6.04. The molecule has 0 aliphatic carbocycles. The van der Waals surface area contributed by atoms with E-state index in [4.69, 9.17) is 23.4 Å². The van der Waals surface area contributed by atoms with Gasteiger partial charge in [0.1, 0.15) is 6.79 Å². The molecule has 0 atom stereocenters. The van der Waals surface area contributed by atoms with Crippen molar-refractivity contribution >= 4 is 8.32 Å². The van der Waals surface area contributed by atoms with Gasteiger partial charge in [-0.05, 0) is 38.4 Å². The van der Waals surface area contributed by atoms with E-state index in [-0.39, 0.29) is 0 Å². The van der Waals surface area contributed by atoms with Gasteiger partial charge in [0.05, 0.1) is 19.8 Å². The Hall–Kier alpha value is 0.0169. The van der Waals surface area contributed by atoms with Crippen LogP contribution < -0.4 is 0 Å². The molecule has 134 valence electrons. The Morgan fingerprint density at radius 3 is 1.64 bits per heavy atom. The molecule has 0 aliphatic heterocycles. The van der Waals surface area contributed by atoms with Crippen molar-refractivity contribution in [1.29, 1.82) is 0 Å². The van der Waals surface area contributed by atoms with Crippen LogP contribution in [0.5, 0.6) is 0 Å². The fourth-order valence-corrected chi connectivity index (χ4v) is 3.35. The summed E-state index contributed by atoms with van der Waals surface area (Å²) in [6, 6.07) is 0.896. The van der Waals surface area contributed by atoms with E-state index in [9.17, 15) is 0 Å². The second kappa shape index (κ2) is 12.4. The molecule has 0 spiro atoms.